The Kier molecular flexibility index (Phi) is 6.11. The molecule has 2 N–H and O–H groups in total. The number of aryl methyl sites for hydroxylation is 1. The Labute approximate surface area is 164 Å². The Morgan fingerprint density at radius 3 is 2.50 bits per heavy atom. The van der Waals surface area contributed by atoms with E-state index in [4.69, 9.17) is 9.47 Å². The SMILES string of the molecule is COc1ccc(Nc2ccnc(C(=O)NCc3ccc(C)cc3)c2)c(OC)c1. The molecule has 1 aromatic heterocycles. The van der Waals surface area contributed by atoms with Crippen molar-refractivity contribution >= 4 is 17.3 Å². The van der Waals surface area contributed by atoms with Crippen molar-refractivity contribution < 1.29 is 14.3 Å². The van der Waals surface area contributed by atoms with Gasteiger partial charge in [0, 0.05) is 24.5 Å². The van der Waals surface area contributed by atoms with Gasteiger partial charge >= 0.3 is 0 Å². The molecular formula is C22H23N3O3. The first-order valence-electron chi connectivity index (χ1n) is 8.88. The fourth-order valence-corrected chi connectivity index (χ4v) is 2.67. The first kappa shape index (κ1) is 19.2. The summed E-state index contributed by atoms with van der Waals surface area (Å²) in [5.74, 6) is 1.11. The summed E-state index contributed by atoms with van der Waals surface area (Å²) in [7, 11) is 3.20. The summed E-state index contributed by atoms with van der Waals surface area (Å²) in [5, 5.41) is 6.14. The van der Waals surface area contributed by atoms with Crippen LogP contribution in [0.4, 0.5) is 11.4 Å². The van der Waals surface area contributed by atoms with Crippen LogP contribution in [0.3, 0.4) is 0 Å². The van der Waals surface area contributed by atoms with Crippen LogP contribution in [0, 0.1) is 6.92 Å². The van der Waals surface area contributed by atoms with Crippen LogP contribution in [0.1, 0.15) is 21.6 Å². The van der Waals surface area contributed by atoms with Gasteiger partial charge in [-0.3, -0.25) is 9.78 Å². The Hall–Kier alpha value is -3.54. The predicted octanol–water partition coefficient (Wildman–Crippen LogP) is 4.08. The standard InChI is InChI=1S/C22H23N3O3/c1-15-4-6-16(7-5-15)14-24-22(26)20-12-17(10-11-23-20)25-19-9-8-18(27-2)13-21(19)28-3/h4-13H,14H2,1-3H3,(H,23,25)(H,24,26). The van der Waals surface area contributed by atoms with Gasteiger partial charge in [0.1, 0.15) is 17.2 Å². The normalized spacial score (nSPS) is 10.2. The quantitative estimate of drug-likeness (QED) is 0.649. The molecule has 0 atom stereocenters. The fraction of sp³-hybridized carbons (Fsp3) is 0.182. The van der Waals surface area contributed by atoms with E-state index in [9.17, 15) is 4.79 Å². The minimum absolute atomic E-state index is 0.231. The number of pyridine rings is 1. The number of amides is 1. The first-order chi connectivity index (χ1) is 13.6. The van der Waals surface area contributed by atoms with Gasteiger partial charge in [0.2, 0.25) is 0 Å². The van der Waals surface area contributed by atoms with Gasteiger partial charge < -0.3 is 20.1 Å². The molecule has 6 heteroatoms. The van der Waals surface area contributed by atoms with Crippen molar-refractivity contribution in [3.8, 4) is 11.5 Å². The van der Waals surface area contributed by atoms with Crippen molar-refractivity contribution in [2.75, 3.05) is 19.5 Å². The van der Waals surface area contributed by atoms with E-state index in [1.165, 1.54) is 5.56 Å². The molecule has 3 aromatic rings. The molecule has 0 radical (unpaired) electrons. The van der Waals surface area contributed by atoms with E-state index in [2.05, 4.69) is 15.6 Å². The van der Waals surface area contributed by atoms with Crippen molar-refractivity contribution in [1.29, 1.82) is 0 Å². The molecule has 0 fully saturated rings. The topological polar surface area (TPSA) is 72.5 Å². The number of rotatable bonds is 7. The van der Waals surface area contributed by atoms with Gasteiger partial charge in [-0.25, -0.2) is 0 Å². The molecule has 0 spiro atoms. The maximum atomic E-state index is 12.5. The third-order valence-electron chi connectivity index (χ3n) is 4.25. The summed E-state index contributed by atoms with van der Waals surface area (Å²) in [4.78, 5) is 16.6. The lowest BCUT2D eigenvalue weighted by atomic mass is 10.1. The second-order valence-corrected chi connectivity index (χ2v) is 6.29. The van der Waals surface area contributed by atoms with Crippen LogP contribution in [-0.2, 0) is 6.54 Å². The molecular weight excluding hydrogens is 354 g/mol. The number of nitrogens with one attached hydrogen (secondary N) is 2. The van der Waals surface area contributed by atoms with Crippen LogP contribution in [0.2, 0.25) is 0 Å². The Morgan fingerprint density at radius 1 is 1.00 bits per heavy atom. The highest BCUT2D eigenvalue weighted by molar-refractivity contribution is 5.93. The molecule has 28 heavy (non-hydrogen) atoms. The van der Waals surface area contributed by atoms with Crippen molar-refractivity contribution in [1.82, 2.24) is 10.3 Å². The van der Waals surface area contributed by atoms with E-state index in [0.717, 1.165) is 16.9 Å². The minimum Gasteiger partial charge on any atom is -0.497 e. The Bertz CT molecular complexity index is 955. The van der Waals surface area contributed by atoms with Gasteiger partial charge in [-0.2, -0.15) is 0 Å². The van der Waals surface area contributed by atoms with E-state index in [1.807, 2.05) is 43.3 Å². The molecule has 0 saturated carbocycles. The third kappa shape index (κ3) is 4.79. The highest BCUT2D eigenvalue weighted by atomic mass is 16.5. The molecule has 0 aliphatic rings. The van der Waals surface area contributed by atoms with Gasteiger partial charge in [-0.05, 0) is 36.8 Å². The summed E-state index contributed by atoms with van der Waals surface area (Å²) in [6.45, 7) is 2.48. The second kappa shape index (κ2) is 8.90. The summed E-state index contributed by atoms with van der Waals surface area (Å²) < 4.78 is 10.6. The Morgan fingerprint density at radius 2 is 1.79 bits per heavy atom. The number of aromatic nitrogens is 1. The molecule has 0 unspecified atom stereocenters. The number of methoxy groups -OCH3 is 2. The summed E-state index contributed by atoms with van der Waals surface area (Å²) in [6.07, 6.45) is 1.60. The monoisotopic (exact) mass is 377 g/mol. The maximum Gasteiger partial charge on any atom is 0.270 e. The number of nitrogens with zero attached hydrogens (tertiary/aromatic N) is 1. The highest BCUT2D eigenvalue weighted by Crippen LogP contribution is 2.31. The van der Waals surface area contributed by atoms with Gasteiger partial charge in [-0.1, -0.05) is 29.8 Å². The van der Waals surface area contributed by atoms with E-state index in [-0.39, 0.29) is 5.91 Å². The highest BCUT2D eigenvalue weighted by Gasteiger charge is 2.10. The number of carbonyl (C=O) groups excluding carboxylic acids is 1. The van der Waals surface area contributed by atoms with Gasteiger partial charge in [0.25, 0.3) is 5.91 Å². The van der Waals surface area contributed by atoms with E-state index in [0.29, 0.717) is 23.7 Å². The lowest BCUT2D eigenvalue weighted by molar-refractivity contribution is 0.0946. The number of carbonyl (C=O) groups is 1. The average molecular weight is 377 g/mol. The lowest BCUT2D eigenvalue weighted by Gasteiger charge is -2.13. The van der Waals surface area contributed by atoms with Crippen molar-refractivity contribution in [2.45, 2.75) is 13.5 Å². The molecule has 2 aromatic carbocycles. The lowest BCUT2D eigenvalue weighted by Crippen LogP contribution is -2.23. The zero-order valence-electron chi connectivity index (χ0n) is 16.2. The van der Waals surface area contributed by atoms with E-state index in [1.54, 1.807) is 38.6 Å². The minimum atomic E-state index is -0.231. The second-order valence-electron chi connectivity index (χ2n) is 6.29. The van der Waals surface area contributed by atoms with Gasteiger partial charge in [-0.15, -0.1) is 0 Å². The zero-order chi connectivity index (χ0) is 19.9. The number of hydrogen-bond donors (Lipinski definition) is 2. The van der Waals surface area contributed by atoms with Crippen LogP contribution in [0.25, 0.3) is 0 Å². The van der Waals surface area contributed by atoms with Gasteiger partial charge in [0.05, 0.1) is 19.9 Å². The van der Waals surface area contributed by atoms with Crippen LogP contribution in [0.15, 0.2) is 60.8 Å². The van der Waals surface area contributed by atoms with Gasteiger partial charge in [0.15, 0.2) is 0 Å². The third-order valence-corrected chi connectivity index (χ3v) is 4.25. The summed E-state index contributed by atoms with van der Waals surface area (Å²) in [5.41, 5.74) is 4.06. The van der Waals surface area contributed by atoms with Crippen LogP contribution < -0.4 is 20.1 Å². The molecule has 0 saturated heterocycles. The van der Waals surface area contributed by atoms with Crippen LogP contribution >= 0.6 is 0 Å². The van der Waals surface area contributed by atoms with E-state index >= 15 is 0 Å². The molecule has 0 bridgehead atoms. The van der Waals surface area contributed by atoms with E-state index < -0.39 is 0 Å². The number of anilines is 2. The zero-order valence-corrected chi connectivity index (χ0v) is 16.2. The number of hydrogen-bond acceptors (Lipinski definition) is 5. The number of ether oxygens (including phenoxy) is 2. The van der Waals surface area contributed by atoms with Crippen molar-refractivity contribution in [3.63, 3.8) is 0 Å². The molecule has 1 heterocycles. The van der Waals surface area contributed by atoms with Crippen molar-refractivity contribution in [3.05, 3.63) is 77.6 Å². The molecule has 144 valence electrons. The number of benzene rings is 2. The Balaban J connectivity index is 1.69. The smallest absolute Gasteiger partial charge is 0.270 e. The predicted molar refractivity (Wildman–Crippen MR) is 109 cm³/mol. The largest absolute Gasteiger partial charge is 0.497 e. The van der Waals surface area contributed by atoms with Crippen LogP contribution in [0.5, 0.6) is 11.5 Å². The molecule has 0 aliphatic carbocycles. The average Bonchev–Trinajstić information content (AvgIpc) is 2.73. The first-order valence-corrected chi connectivity index (χ1v) is 8.88. The van der Waals surface area contributed by atoms with Crippen molar-refractivity contribution in [2.24, 2.45) is 0 Å². The summed E-state index contributed by atoms with van der Waals surface area (Å²) >= 11 is 0. The fourth-order valence-electron chi connectivity index (χ4n) is 2.67. The molecule has 6 nitrogen and oxygen atoms in total. The molecule has 0 aliphatic heterocycles. The van der Waals surface area contributed by atoms with Crippen LogP contribution in [-0.4, -0.2) is 25.1 Å². The molecule has 3 rings (SSSR count). The molecule has 1 amide bonds. The maximum absolute atomic E-state index is 12.5. The summed E-state index contributed by atoms with van der Waals surface area (Å²) in [6, 6.07) is 17.0.